The molecule has 2 aliphatic heterocycles. The third kappa shape index (κ3) is 2.86. The Kier molecular flexibility index (Phi) is 4.42. The third-order valence-corrected chi connectivity index (χ3v) is 5.28. The number of nitrogens with zero attached hydrogens (tertiary/aromatic N) is 2. The van der Waals surface area contributed by atoms with Crippen LogP contribution in [0.15, 0.2) is 46.0 Å². The number of hydrogen-bond donors (Lipinski definition) is 1. The van der Waals surface area contributed by atoms with Gasteiger partial charge in [0.2, 0.25) is 0 Å². The SMILES string of the molecule is CCCOC[C@]1(C)C[C@]2(N=C(N)N(C)C2=O)c2cc(-c3ccco3)ccc2O1. The molecule has 0 saturated heterocycles. The van der Waals surface area contributed by atoms with E-state index in [1.165, 1.54) is 4.90 Å². The first-order valence-electron chi connectivity index (χ1n) is 9.47. The number of guanidine groups is 1. The van der Waals surface area contributed by atoms with Gasteiger partial charge >= 0.3 is 0 Å². The normalized spacial score (nSPS) is 26.3. The summed E-state index contributed by atoms with van der Waals surface area (Å²) in [7, 11) is 1.65. The summed E-state index contributed by atoms with van der Waals surface area (Å²) in [5.74, 6) is 1.38. The van der Waals surface area contributed by atoms with Crippen molar-refractivity contribution >= 4 is 11.9 Å². The number of furan rings is 1. The summed E-state index contributed by atoms with van der Waals surface area (Å²) in [6.45, 7) is 5.01. The molecule has 2 aromatic rings. The second-order valence-electron chi connectivity index (χ2n) is 7.66. The number of nitrogens with two attached hydrogens (primary N) is 1. The van der Waals surface area contributed by atoms with Crippen LogP contribution in [0.25, 0.3) is 11.3 Å². The van der Waals surface area contributed by atoms with Crippen LogP contribution in [0.2, 0.25) is 0 Å². The molecular formula is C21H25N3O4. The van der Waals surface area contributed by atoms with Crippen molar-refractivity contribution in [1.29, 1.82) is 0 Å². The molecule has 4 rings (SSSR count). The van der Waals surface area contributed by atoms with Crippen molar-refractivity contribution in [3.63, 3.8) is 0 Å². The number of carbonyl (C=O) groups is 1. The van der Waals surface area contributed by atoms with E-state index >= 15 is 0 Å². The molecule has 0 fully saturated rings. The molecule has 0 saturated carbocycles. The first-order chi connectivity index (χ1) is 13.4. The van der Waals surface area contributed by atoms with Crippen molar-refractivity contribution in [3.05, 3.63) is 42.2 Å². The Morgan fingerprint density at radius 2 is 2.18 bits per heavy atom. The van der Waals surface area contributed by atoms with E-state index in [0.29, 0.717) is 36.7 Å². The zero-order valence-corrected chi connectivity index (χ0v) is 16.4. The summed E-state index contributed by atoms with van der Waals surface area (Å²) in [5, 5.41) is 0. The van der Waals surface area contributed by atoms with Crippen molar-refractivity contribution in [2.75, 3.05) is 20.3 Å². The minimum atomic E-state index is -1.13. The van der Waals surface area contributed by atoms with E-state index in [1.54, 1.807) is 13.3 Å². The Hall–Kier alpha value is -2.80. The Morgan fingerprint density at radius 1 is 1.36 bits per heavy atom. The van der Waals surface area contributed by atoms with Gasteiger partial charge in [0.05, 0.1) is 12.9 Å². The highest BCUT2D eigenvalue weighted by molar-refractivity contribution is 6.07. The summed E-state index contributed by atoms with van der Waals surface area (Å²) in [6.07, 6.45) is 2.88. The second-order valence-corrected chi connectivity index (χ2v) is 7.66. The largest absolute Gasteiger partial charge is 0.485 e. The van der Waals surface area contributed by atoms with Gasteiger partial charge in [-0.15, -0.1) is 0 Å². The third-order valence-electron chi connectivity index (χ3n) is 5.28. The molecule has 3 heterocycles. The summed E-state index contributed by atoms with van der Waals surface area (Å²) in [4.78, 5) is 19.3. The van der Waals surface area contributed by atoms with Gasteiger partial charge < -0.3 is 19.6 Å². The van der Waals surface area contributed by atoms with Crippen molar-refractivity contribution in [1.82, 2.24) is 4.90 Å². The van der Waals surface area contributed by atoms with Gasteiger partial charge in [-0.2, -0.15) is 0 Å². The van der Waals surface area contributed by atoms with Gasteiger partial charge in [-0.1, -0.05) is 6.92 Å². The van der Waals surface area contributed by atoms with Crippen LogP contribution in [0.1, 0.15) is 32.3 Å². The molecule has 2 aliphatic rings. The molecule has 148 valence electrons. The van der Waals surface area contributed by atoms with Gasteiger partial charge in [-0.25, -0.2) is 4.99 Å². The number of likely N-dealkylation sites (N-methyl/N-ethyl adjacent to an activating group) is 1. The number of ether oxygens (including phenoxy) is 2. The van der Waals surface area contributed by atoms with Gasteiger partial charge in [0.15, 0.2) is 11.5 Å². The smallest absolute Gasteiger partial charge is 0.261 e. The van der Waals surface area contributed by atoms with Gasteiger partial charge in [0.25, 0.3) is 5.91 Å². The molecule has 1 amide bonds. The molecule has 0 unspecified atom stereocenters. The van der Waals surface area contributed by atoms with E-state index < -0.39 is 11.1 Å². The maximum atomic E-state index is 13.3. The Labute approximate surface area is 164 Å². The minimum absolute atomic E-state index is 0.159. The molecule has 28 heavy (non-hydrogen) atoms. The summed E-state index contributed by atoms with van der Waals surface area (Å²) >= 11 is 0. The van der Waals surface area contributed by atoms with Crippen LogP contribution in [0.5, 0.6) is 5.75 Å². The fraction of sp³-hybridized carbons (Fsp3) is 0.429. The molecule has 0 bridgehead atoms. The molecule has 7 heteroatoms. The lowest BCUT2D eigenvalue weighted by molar-refractivity contribution is -0.135. The fourth-order valence-corrected chi connectivity index (χ4v) is 3.98. The van der Waals surface area contributed by atoms with E-state index in [9.17, 15) is 4.79 Å². The fourth-order valence-electron chi connectivity index (χ4n) is 3.98. The molecule has 1 aromatic carbocycles. The zero-order chi connectivity index (χ0) is 19.9. The van der Waals surface area contributed by atoms with Crippen molar-refractivity contribution in [3.8, 4) is 17.1 Å². The van der Waals surface area contributed by atoms with Crippen molar-refractivity contribution in [2.45, 2.75) is 37.8 Å². The molecule has 0 radical (unpaired) electrons. The lowest BCUT2D eigenvalue weighted by Gasteiger charge is -2.43. The lowest BCUT2D eigenvalue weighted by Crippen LogP contribution is -2.52. The highest BCUT2D eigenvalue weighted by Crippen LogP contribution is 2.50. The lowest BCUT2D eigenvalue weighted by atomic mass is 9.76. The standard InChI is InChI=1S/C21H25N3O4/c1-4-9-26-13-20(2)12-21(18(25)24(3)19(22)23-21)15-11-14(7-8-17(15)28-20)16-6-5-10-27-16/h5-8,10-11H,4,9,12-13H2,1-3H3,(H2,22,23)/t20-,21-/m0/s1. The van der Waals surface area contributed by atoms with Crippen LogP contribution < -0.4 is 10.5 Å². The minimum Gasteiger partial charge on any atom is -0.485 e. The number of amides is 1. The predicted octanol–water partition coefficient (Wildman–Crippen LogP) is 2.90. The van der Waals surface area contributed by atoms with Gasteiger partial charge in [0, 0.05) is 31.2 Å². The Balaban J connectivity index is 1.82. The zero-order valence-electron chi connectivity index (χ0n) is 16.4. The van der Waals surface area contributed by atoms with Crippen molar-refractivity contribution < 1.29 is 18.7 Å². The van der Waals surface area contributed by atoms with Crippen LogP contribution >= 0.6 is 0 Å². The highest BCUT2D eigenvalue weighted by Gasteiger charge is 2.56. The van der Waals surface area contributed by atoms with Crippen LogP contribution in [0.3, 0.4) is 0 Å². The Bertz CT molecular complexity index is 924. The number of carbonyl (C=O) groups excluding carboxylic acids is 1. The molecule has 0 aliphatic carbocycles. The number of hydrogen-bond acceptors (Lipinski definition) is 6. The van der Waals surface area contributed by atoms with E-state index in [2.05, 4.69) is 11.9 Å². The molecule has 1 aromatic heterocycles. The maximum absolute atomic E-state index is 13.3. The van der Waals surface area contributed by atoms with Crippen LogP contribution in [0, 0.1) is 0 Å². The van der Waals surface area contributed by atoms with E-state index in [-0.39, 0.29) is 11.9 Å². The van der Waals surface area contributed by atoms with Gasteiger partial charge in [0.1, 0.15) is 17.1 Å². The molecule has 2 N–H and O–H groups in total. The van der Waals surface area contributed by atoms with Crippen molar-refractivity contribution in [2.24, 2.45) is 10.7 Å². The van der Waals surface area contributed by atoms with Gasteiger partial charge in [-0.05, 0) is 43.7 Å². The van der Waals surface area contributed by atoms with Crippen LogP contribution in [0.4, 0.5) is 0 Å². The molecule has 2 atom stereocenters. The number of benzene rings is 1. The van der Waals surface area contributed by atoms with E-state index in [0.717, 1.165) is 12.0 Å². The topological polar surface area (TPSA) is 90.3 Å². The summed E-state index contributed by atoms with van der Waals surface area (Å²) in [5.41, 5.74) is 5.77. The molecule has 7 nitrogen and oxygen atoms in total. The number of rotatable bonds is 5. The number of aliphatic imine (C=N–C) groups is 1. The quantitative estimate of drug-likeness (QED) is 0.802. The summed E-state index contributed by atoms with van der Waals surface area (Å²) < 4.78 is 17.6. The molecular weight excluding hydrogens is 358 g/mol. The highest BCUT2D eigenvalue weighted by atomic mass is 16.5. The number of fused-ring (bicyclic) bond motifs is 2. The van der Waals surface area contributed by atoms with Gasteiger partial charge in [-0.3, -0.25) is 9.69 Å². The summed E-state index contributed by atoms with van der Waals surface area (Å²) in [6, 6.07) is 9.40. The van der Waals surface area contributed by atoms with E-state index in [1.807, 2.05) is 37.3 Å². The average Bonchev–Trinajstić information content (AvgIpc) is 3.27. The first kappa shape index (κ1) is 18.6. The first-order valence-corrected chi connectivity index (χ1v) is 9.47. The van der Waals surface area contributed by atoms with Crippen LogP contribution in [-0.4, -0.2) is 42.6 Å². The van der Waals surface area contributed by atoms with E-state index in [4.69, 9.17) is 19.6 Å². The maximum Gasteiger partial charge on any atom is 0.261 e. The van der Waals surface area contributed by atoms with Crippen LogP contribution in [-0.2, 0) is 15.1 Å². The monoisotopic (exact) mass is 383 g/mol. The second kappa shape index (κ2) is 6.67. The Morgan fingerprint density at radius 3 is 2.82 bits per heavy atom. The predicted molar refractivity (Wildman–Crippen MR) is 105 cm³/mol. The molecule has 1 spiro atoms. The average molecular weight is 383 g/mol.